The molecule has 25 heavy (non-hydrogen) atoms. The number of carbonyl (C=O) groups excluding carboxylic acids is 1. The minimum Gasteiger partial charge on any atom is -0.492 e. The Kier molecular flexibility index (Phi) is 4.17. The average Bonchev–Trinajstić information content (AvgIpc) is 2.68. The summed E-state index contributed by atoms with van der Waals surface area (Å²) >= 11 is 0. The van der Waals surface area contributed by atoms with E-state index in [1.807, 2.05) is 48.5 Å². The summed E-state index contributed by atoms with van der Waals surface area (Å²) in [5.74, 6) is 1.37. The van der Waals surface area contributed by atoms with Crippen molar-refractivity contribution < 1.29 is 14.3 Å². The molecule has 0 amide bonds. The maximum Gasteiger partial charge on any atom is 0.169 e. The van der Waals surface area contributed by atoms with Gasteiger partial charge in [-0.3, -0.25) is 9.78 Å². The summed E-state index contributed by atoms with van der Waals surface area (Å²) in [7, 11) is 0. The number of pyridine rings is 1. The Bertz CT molecular complexity index is 839. The lowest BCUT2D eigenvalue weighted by molar-refractivity contribution is 0.0933. The zero-order valence-electron chi connectivity index (χ0n) is 13.6. The highest BCUT2D eigenvalue weighted by molar-refractivity contribution is 5.99. The number of nitrogens with zero attached hydrogens (tertiary/aromatic N) is 1. The molecule has 1 aliphatic rings. The largest absolute Gasteiger partial charge is 0.492 e. The van der Waals surface area contributed by atoms with Crippen LogP contribution < -0.4 is 9.47 Å². The Morgan fingerprint density at radius 1 is 0.960 bits per heavy atom. The van der Waals surface area contributed by atoms with Crippen LogP contribution in [0, 0.1) is 0 Å². The number of rotatable bonds is 4. The predicted molar refractivity (Wildman–Crippen MR) is 94.0 cm³/mol. The van der Waals surface area contributed by atoms with Gasteiger partial charge in [0.05, 0.1) is 12.2 Å². The molecule has 2 aromatic carbocycles. The second kappa shape index (κ2) is 6.77. The molecule has 124 valence electrons. The molecule has 4 rings (SSSR count). The molecule has 0 fully saturated rings. The number of fused-ring (bicyclic) bond motifs is 1. The maximum absolute atomic E-state index is 11.9. The molecule has 3 aromatic rings. The molecule has 1 aromatic heterocycles. The fourth-order valence-corrected chi connectivity index (χ4v) is 2.94. The SMILES string of the molecule is O=C1CCOc2cc(O[C@H](c3ccccc3)c3ccncc3)ccc21. The minimum absolute atomic E-state index is 0.113. The van der Waals surface area contributed by atoms with Crippen molar-refractivity contribution in [2.24, 2.45) is 0 Å². The van der Waals surface area contributed by atoms with E-state index in [9.17, 15) is 4.79 Å². The monoisotopic (exact) mass is 331 g/mol. The predicted octanol–water partition coefficient (Wildman–Crippen LogP) is 4.22. The van der Waals surface area contributed by atoms with Crippen LogP contribution in [0.3, 0.4) is 0 Å². The number of hydrogen-bond donors (Lipinski definition) is 0. The summed E-state index contributed by atoms with van der Waals surface area (Å²) in [5, 5.41) is 0. The Morgan fingerprint density at radius 3 is 2.52 bits per heavy atom. The van der Waals surface area contributed by atoms with Crippen LogP contribution in [0.1, 0.15) is 34.0 Å². The van der Waals surface area contributed by atoms with E-state index in [0.29, 0.717) is 30.1 Å². The summed E-state index contributed by atoms with van der Waals surface area (Å²) < 4.78 is 11.9. The highest BCUT2D eigenvalue weighted by Crippen LogP contribution is 2.33. The zero-order valence-corrected chi connectivity index (χ0v) is 13.6. The lowest BCUT2D eigenvalue weighted by Gasteiger charge is -2.22. The van der Waals surface area contributed by atoms with E-state index in [1.54, 1.807) is 24.5 Å². The standard InChI is InChI=1S/C21H17NO3/c23-19-10-13-24-20-14-17(6-7-18(19)20)25-21(15-4-2-1-3-5-15)16-8-11-22-12-9-16/h1-9,11-12,14,21H,10,13H2/t21-/m1/s1. The molecule has 0 aliphatic carbocycles. The summed E-state index contributed by atoms with van der Waals surface area (Å²) in [6, 6.07) is 19.3. The van der Waals surface area contributed by atoms with Crippen molar-refractivity contribution in [3.8, 4) is 11.5 Å². The molecule has 1 atom stereocenters. The first-order chi connectivity index (χ1) is 12.3. The van der Waals surface area contributed by atoms with Crippen LogP contribution in [0.5, 0.6) is 11.5 Å². The molecule has 1 aliphatic heterocycles. The van der Waals surface area contributed by atoms with Gasteiger partial charge in [-0.2, -0.15) is 0 Å². The highest BCUT2D eigenvalue weighted by atomic mass is 16.5. The number of aromatic nitrogens is 1. The number of ether oxygens (including phenoxy) is 2. The van der Waals surface area contributed by atoms with Crippen molar-refractivity contribution in [3.05, 3.63) is 89.7 Å². The van der Waals surface area contributed by atoms with E-state index < -0.39 is 0 Å². The molecular weight excluding hydrogens is 314 g/mol. The van der Waals surface area contributed by atoms with Gasteiger partial charge in [0.1, 0.15) is 17.6 Å². The summed E-state index contributed by atoms with van der Waals surface area (Å²) in [6.45, 7) is 0.418. The van der Waals surface area contributed by atoms with Crippen LogP contribution in [0.25, 0.3) is 0 Å². The second-order valence-corrected chi connectivity index (χ2v) is 5.87. The van der Waals surface area contributed by atoms with Crippen molar-refractivity contribution in [1.29, 1.82) is 0 Å². The van der Waals surface area contributed by atoms with Gasteiger partial charge in [-0.05, 0) is 35.4 Å². The molecule has 0 saturated heterocycles. The fourth-order valence-electron chi connectivity index (χ4n) is 2.94. The van der Waals surface area contributed by atoms with Crippen LogP contribution in [0.2, 0.25) is 0 Å². The summed E-state index contributed by atoms with van der Waals surface area (Å²) in [4.78, 5) is 16.0. The van der Waals surface area contributed by atoms with E-state index in [1.165, 1.54) is 0 Å². The normalized spacial score (nSPS) is 14.3. The number of benzene rings is 2. The molecular formula is C21H17NO3. The molecule has 0 radical (unpaired) electrons. The molecule has 2 heterocycles. The average molecular weight is 331 g/mol. The molecule has 4 nitrogen and oxygen atoms in total. The van der Waals surface area contributed by atoms with E-state index in [4.69, 9.17) is 9.47 Å². The first-order valence-electron chi connectivity index (χ1n) is 8.23. The van der Waals surface area contributed by atoms with Crippen LogP contribution >= 0.6 is 0 Å². The second-order valence-electron chi connectivity index (χ2n) is 5.87. The molecule has 0 unspecified atom stereocenters. The third-order valence-corrected chi connectivity index (χ3v) is 4.21. The number of carbonyl (C=O) groups is 1. The molecule has 0 spiro atoms. The quantitative estimate of drug-likeness (QED) is 0.718. The van der Waals surface area contributed by atoms with Gasteiger partial charge in [-0.25, -0.2) is 0 Å². The van der Waals surface area contributed by atoms with Crippen molar-refractivity contribution in [1.82, 2.24) is 4.98 Å². The molecule has 0 N–H and O–H groups in total. The summed E-state index contributed by atoms with van der Waals surface area (Å²) in [6.07, 6.45) is 3.67. The van der Waals surface area contributed by atoms with Gasteiger partial charge in [0.2, 0.25) is 0 Å². The lowest BCUT2D eigenvalue weighted by atomic mass is 10.0. The Hall–Kier alpha value is -3.14. The summed E-state index contributed by atoms with van der Waals surface area (Å²) in [5.41, 5.74) is 2.68. The number of Topliss-reactive ketones (excluding diaryl/α,β-unsaturated/α-hetero) is 1. The first-order valence-corrected chi connectivity index (χ1v) is 8.23. The van der Waals surface area contributed by atoms with Gasteiger partial charge < -0.3 is 9.47 Å². The topological polar surface area (TPSA) is 48.4 Å². The van der Waals surface area contributed by atoms with Crippen LogP contribution in [0.15, 0.2) is 73.1 Å². The minimum atomic E-state index is -0.262. The van der Waals surface area contributed by atoms with E-state index in [-0.39, 0.29) is 11.9 Å². The van der Waals surface area contributed by atoms with Gasteiger partial charge in [0, 0.05) is 24.9 Å². The lowest BCUT2D eigenvalue weighted by Crippen LogP contribution is -2.15. The Morgan fingerprint density at radius 2 is 1.72 bits per heavy atom. The zero-order chi connectivity index (χ0) is 17.1. The molecule has 0 bridgehead atoms. The number of ketones is 1. The van der Waals surface area contributed by atoms with Crippen LogP contribution in [-0.2, 0) is 0 Å². The van der Waals surface area contributed by atoms with E-state index in [2.05, 4.69) is 4.98 Å². The van der Waals surface area contributed by atoms with E-state index >= 15 is 0 Å². The molecule has 4 heteroatoms. The molecule has 0 saturated carbocycles. The van der Waals surface area contributed by atoms with Crippen molar-refractivity contribution in [2.75, 3.05) is 6.61 Å². The van der Waals surface area contributed by atoms with Crippen LogP contribution in [0.4, 0.5) is 0 Å². The van der Waals surface area contributed by atoms with Gasteiger partial charge in [0.15, 0.2) is 5.78 Å². The highest BCUT2D eigenvalue weighted by Gasteiger charge is 2.21. The Labute approximate surface area is 146 Å². The third-order valence-electron chi connectivity index (χ3n) is 4.21. The van der Waals surface area contributed by atoms with E-state index in [0.717, 1.165) is 11.1 Å². The maximum atomic E-state index is 11.9. The van der Waals surface area contributed by atoms with Gasteiger partial charge >= 0.3 is 0 Å². The van der Waals surface area contributed by atoms with Crippen LogP contribution in [-0.4, -0.2) is 17.4 Å². The van der Waals surface area contributed by atoms with Gasteiger partial charge in [0.25, 0.3) is 0 Å². The van der Waals surface area contributed by atoms with Crippen molar-refractivity contribution in [2.45, 2.75) is 12.5 Å². The smallest absolute Gasteiger partial charge is 0.169 e. The first kappa shape index (κ1) is 15.4. The van der Waals surface area contributed by atoms with Gasteiger partial charge in [-0.15, -0.1) is 0 Å². The van der Waals surface area contributed by atoms with Gasteiger partial charge in [-0.1, -0.05) is 30.3 Å². The van der Waals surface area contributed by atoms with Crippen molar-refractivity contribution in [3.63, 3.8) is 0 Å². The Balaban J connectivity index is 1.69. The fraction of sp³-hybridized carbons (Fsp3) is 0.143. The third kappa shape index (κ3) is 3.24. The number of hydrogen-bond acceptors (Lipinski definition) is 4. The van der Waals surface area contributed by atoms with Crippen molar-refractivity contribution >= 4 is 5.78 Å².